The molecule has 0 bridgehead atoms. The summed E-state index contributed by atoms with van der Waals surface area (Å²) in [5.41, 5.74) is 6.40. The Morgan fingerprint density at radius 3 is 2.22 bits per heavy atom. The monoisotopic (exact) mass is 523 g/mol. The van der Waals surface area contributed by atoms with Crippen LogP contribution in [0.1, 0.15) is 22.3 Å². The van der Waals surface area contributed by atoms with Crippen molar-refractivity contribution in [3.05, 3.63) is 89.0 Å². The number of nitrogens with one attached hydrogen (secondary N) is 1. The van der Waals surface area contributed by atoms with E-state index in [1.807, 2.05) is 62.9 Å². The Labute approximate surface area is 216 Å². The Bertz CT molecular complexity index is 1330. The summed E-state index contributed by atoms with van der Waals surface area (Å²) in [7, 11) is -3.98. The fourth-order valence-electron chi connectivity index (χ4n) is 3.70. The van der Waals surface area contributed by atoms with Gasteiger partial charge < -0.3 is 4.74 Å². The largest absolute Gasteiger partial charge is 0.489 e. The van der Waals surface area contributed by atoms with E-state index in [2.05, 4.69) is 10.5 Å². The van der Waals surface area contributed by atoms with E-state index >= 15 is 0 Å². The van der Waals surface area contributed by atoms with E-state index in [-0.39, 0.29) is 11.0 Å². The molecule has 3 aromatic carbocycles. The molecule has 1 aliphatic rings. The summed E-state index contributed by atoms with van der Waals surface area (Å²) >= 11 is 1.86. The van der Waals surface area contributed by atoms with E-state index in [0.29, 0.717) is 5.69 Å². The number of ether oxygens (including phenoxy) is 1. The predicted octanol–water partition coefficient (Wildman–Crippen LogP) is 4.45. The number of thioether (sulfide) groups is 1. The summed E-state index contributed by atoms with van der Waals surface area (Å²) in [6.07, 6.45) is 1.78. The molecule has 0 spiro atoms. The van der Waals surface area contributed by atoms with Gasteiger partial charge in [-0.3, -0.25) is 9.10 Å². The molecule has 0 aliphatic carbocycles. The number of benzene rings is 3. The first kappa shape index (κ1) is 25.8. The topological polar surface area (TPSA) is 88.1 Å². The maximum atomic E-state index is 13.5. The van der Waals surface area contributed by atoms with Crippen LogP contribution in [0.2, 0.25) is 0 Å². The zero-order chi connectivity index (χ0) is 25.7. The minimum Gasteiger partial charge on any atom is -0.489 e. The first-order valence-corrected chi connectivity index (χ1v) is 14.1. The highest BCUT2D eigenvalue weighted by atomic mass is 32.2. The number of aryl methyl sites for hydroxylation is 3. The number of anilines is 1. The average Bonchev–Trinajstić information content (AvgIpc) is 2.80. The zero-order valence-electron chi connectivity index (χ0n) is 20.5. The van der Waals surface area contributed by atoms with Gasteiger partial charge in [0.05, 0.1) is 16.8 Å². The SMILES string of the molecule is Cc1ccc(S(=O)(=O)N(CC(=O)N/N=C\c2ccc(OC3CSC3)cc2)c2cc(C)cc(C)c2)cc1. The highest BCUT2D eigenvalue weighted by Crippen LogP contribution is 2.26. The van der Waals surface area contributed by atoms with Crippen molar-refractivity contribution in [1.29, 1.82) is 0 Å². The van der Waals surface area contributed by atoms with Crippen molar-refractivity contribution in [3.8, 4) is 5.75 Å². The molecule has 1 N–H and O–H groups in total. The van der Waals surface area contributed by atoms with Crippen LogP contribution in [0.3, 0.4) is 0 Å². The number of carbonyl (C=O) groups excluding carboxylic acids is 1. The smallest absolute Gasteiger partial charge is 0.264 e. The predicted molar refractivity (Wildman–Crippen MR) is 146 cm³/mol. The van der Waals surface area contributed by atoms with Crippen LogP contribution in [0.4, 0.5) is 5.69 Å². The Kier molecular flexibility index (Phi) is 8.01. The van der Waals surface area contributed by atoms with Crippen LogP contribution in [0.15, 0.2) is 76.7 Å². The fourth-order valence-corrected chi connectivity index (χ4v) is 5.67. The van der Waals surface area contributed by atoms with Crippen LogP contribution in [-0.2, 0) is 14.8 Å². The molecule has 1 fully saturated rings. The summed E-state index contributed by atoms with van der Waals surface area (Å²) in [4.78, 5) is 12.9. The van der Waals surface area contributed by atoms with Crippen molar-refractivity contribution >= 4 is 39.6 Å². The standard InChI is InChI=1S/C27H29N3O4S2/c1-19-4-10-26(11-5-19)36(32,33)30(23-13-20(2)12-21(3)14-23)16-27(31)29-28-15-22-6-8-24(9-7-22)34-25-17-35-18-25/h4-15,25H,16-18H2,1-3H3,(H,29,31)/b28-15-. The third kappa shape index (κ3) is 6.47. The van der Waals surface area contributed by atoms with Crippen LogP contribution in [0.25, 0.3) is 0 Å². The molecule has 4 rings (SSSR count). The van der Waals surface area contributed by atoms with Crippen LogP contribution in [0, 0.1) is 20.8 Å². The van der Waals surface area contributed by atoms with Crippen molar-refractivity contribution in [2.24, 2.45) is 5.10 Å². The lowest BCUT2D eigenvalue weighted by atomic mass is 10.1. The van der Waals surface area contributed by atoms with Gasteiger partial charge in [-0.05, 0) is 86.0 Å². The maximum absolute atomic E-state index is 13.5. The number of hydrogen-bond acceptors (Lipinski definition) is 6. The Morgan fingerprint density at radius 2 is 1.64 bits per heavy atom. The van der Waals surface area contributed by atoms with Gasteiger partial charge in [-0.2, -0.15) is 16.9 Å². The highest BCUT2D eigenvalue weighted by molar-refractivity contribution is 8.00. The van der Waals surface area contributed by atoms with Gasteiger partial charge in [-0.15, -0.1) is 0 Å². The molecule has 3 aromatic rings. The van der Waals surface area contributed by atoms with Crippen LogP contribution in [0.5, 0.6) is 5.75 Å². The number of nitrogens with zero attached hydrogens (tertiary/aromatic N) is 2. The van der Waals surface area contributed by atoms with E-state index < -0.39 is 22.5 Å². The first-order valence-electron chi connectivity index (χ1n) is 11.5. The lowest BCUT2D eigenvalue weighted by molar-refractivity contribution is -0.119. The number of carbonyl (C=O) groups is 1. The number of hydrazone groups is 1. The van der Waals surface area contributed by atoms with Gasteiger partial charge in [-0.1, -0.05) is 23.8 Å². The number of amides is 1. The van der Waals surface area contributed by atoms with Gasteiger partial charge >= 0.3 is 0 Å². The molecule has 9 heteroatoms. The molecule has 0 aromatic heterocycles. The van der Waals surface area contributed by atoms with Crippen molar-refractivity contribution < 1.29 is 17.9 Å². The molecule has 0 radical (unpaired) electrons. The van der Waals surface area contributed by atoms with Crippen molar-refractivity contribution in [2.45, 2.75) is 31.8 Å². The molecule has 0 atom stereocenters. The minimum atomic E-state index is -3.98. The Morgan fingerprint density at radius 1 is 1.00 bits per heavy atom. The first-order chi connectivity index (χ1) is 17.2. The summed E-state index contributed by atoms with van der Waals surface area (Å²) in [5, 5.41) is 4.02. The Balaban J connectivity index is 1.48. The van der Waals surface area contributed by atoms with E-state index in [9.17, 15) is 13.2 Å². The van der Waals surface area contributed by atoms with Gasteiger partial charge in [0.1, 0.15) is 18.4 Å². The lowest BCUT2D eigenvalue weighted by Crippen LogP contribution is -2.39. The second-order valence-electron chi connectivity index (χ2n) is 8.81. The molecule has 36 heavy (non-hydrogen) atoms. The quantitative estimate of drug-likeness (QED) is 0.331. The van der Waals surface area contributed by atoms with Crippen molar-refractivity contribution in [1.82, 2.24) is 5.43 Å². The third-order valence-electron chi connectivity index (χ3n) is 5.58. The lowest BCUT2D eigenvalue weighted by Gasteiger charge is -2.25. The summed E-state index contributed by atoms with van der Waals surface area (Å²) in [5.74, 6) is 2.26. The van der Waals surface area contributed by atoms with Gasteiger partial charge in [0, 0.05) is 11.5 Å². The molecule has 1 saturated heterocycles. The van der Waals surface area contributed by atoms with Crippen LogP contribution < -0.4 is 14.5 Å². The molecule has 188 valence electrons. The minimum absolute atomic E-state index is 0.117. The maximum Gasteiger partial charge on any atom is 0.264 e. The van der Waals surface area contributed by atoms with E-state index in [0.717, 1.165) is 43.8 Å². The highest BCUT2D eigenvalue weighted by Gasteiger charge is 2.27. The molecule has 1 aliphatic heterocycles. The number of rotatable bonds is 9. The van der Waals surface area contributed by atoms with Crippen LogP contribution >= 0.6 is 11.8 Å². The average molecular weight is 524 g/mol. The molecule has 0 saturated carbocycles. The summed E-state index contributed by atoms with van der Waals surface area (Å²) in [6, 6.07) is 19.4. The molecule has 7 nitrogen and oxygen atoms in total. The van der Waals surface area contributed by atoms with E-state index in [1.165, 1.54) is 6.21 Å². The molecular weight excluding hydrogens is 494 g/mol. The second kappa shape index (κ2) is 11.2. The van der Waals surface area contributed by atoms with Crippen LogP contribution in [-0.4, -0.2) is 44.7 Å². The van der Waals surface area contributed by atoms with Gasteiger partial charge in [0.15, 0.2) is 0 Å². The van der Waals surface area contributed by atoms with Crippen molar-refractivity contribution in [2.75, 3.05) is 22.4 Å². The normalized spacial score (nSPS) is 13.9. The summed E-state index contributed by atoms with van der Waals surface area (Å²) in [6.45, 7) is 5.25. The number of hydrogen-bond donors (Lipinski definition) is 1. The van der Waals surface area contributed by atoms with E-state index in [1.54, 1.807) is 36.4 Å². The van der Waals surface area contributed by atoms with Crippen molar-refractivity contribution in [3.63, 3.8) is 0 Å². The Hall–Kier alpha value is -3.30. The zero-order valence-corrected chi connectivity index (χ0v) is 22.1. The van der Waals surface area contributed by atoms with Gasteiger partial charge in [0.2, 0.25) is 0 Å². The van der Waals surface area contributed by atoms with Gasteiger partial charge in [-0.25, -0.2) is 13.8 Å². The van der Waals surface area contributed by atoms with E-state index in [4.69, 9.17) is 4.74 Å². The summed E-state index contributed by atoms with van der Waals surface area (Å²) < 4.78 is 34.0. The third-order valence-corrected chi connectivity index (χ3v) is 8.59. The fraction of sp³-hybridized carbons (Fsp3) is 0.259. The molecule has 1 amide bonds. The molecule has 0 unspecified atom stereocenters. The van der Waals surface area contributed by atoms with Gasteiger partial charge in [0.25, 0.3) is 15.9 Å². The molecular formula is C27H29N3O4S2. The molecule has 1 heterocycles. The number of sulfonamides is 1. The second-order valence-corrected chi connectivity index (χ2v) is 11.7.